The Labute approximate surface area is 201 Å². The molecule has 4 rings (SSSR count). The second-order valence-electron chi connectivity index (χ2n) is 8.02. The molecule has 0 atom stereocenters. The van der Waals surface area contributed by atoms with Crippen LogP contribution in [0.5, 0.6) is 11.5 Å². The van der Waals surface area contributed by atoms with Crippen LogP contribution in [0.3, 0.4) is 0 Å². The average molecular weight is 481 g/mol. The van der Waals surface area contributed by atoms with Gasteiger partial charge in [0, 0.05) is 31.8 Å². The molecule has 3 aromatic rings. The van der Waals surface area contributed by atoms with Gasteiger partial charge in [0.25, 0.3) is 5.91 Å². The predicted molar refractivity (Wildman–Crippen MR) is 128 cm³/mol. The number of rotatable bonds is 7. The van der Waals surface area contributed by atoms with Crippen molar-refractivity contribution < 1.29 is 27.8 Å². The van der Waals surface area contributed by atoms with Crippen molar-refractivity contribution in [2.75, 3.05) is 37.5 Å². The van der Waals surface area contributed by atoms with E-state index in [4.69, 9.17) is 9.47 Å². The molecule has 1 aliphatic heterocycles. The number of halogens is 2. The monoisotopic (exact) mass is 481 g/mol. The molecule has 1 fully saturated rings. The van der Waals surface area contributed by atoms with E-state index in [0.29, 0.717) is 43.6 Å². The summed E-state index contributed by atoms with van der Waals surface area (Å²) in [5, 5.41) is 2.65. The van der Waals surface area contributed by atoms with Crippen molar-refractivity contribution >= 4 is 23.3 Å². The smallest absolute Gasteiger partial charge is 0.324 e. The van der Waals surface area contributed by atoms with Crippen LogP contribution in [0.2, 0.25) is 0 Å². The van der Waals surface area contributed by atoms with Crippen LogP contribution in [0.25, 0.3) is 0 Å². The standard InChI is InChI=1S/C26H25F2N3O4/c1-34-19-7-4-17(5-8-19)16-30-12-3-13-31(26(30)33)24-11-9-20(35-2)15-23(24)29-25(32)21-10-6-18(27)14-22(21)28/h4-11,14-15H,3,12-13,16H2,1-2H3,(H,29,32). The summed E-state index contributed by atoms with van der Waals surface area (Å²) in [6.45, 7) is 1.44. The molecule has 0 aromatic heterocycles. The molecule has 0 radical (unpaired) electrons. The minimum absolute atomic E-state index is 0.222. The molecule has 182 valence electrons. The second-order valence-corrected chi connectivity index (χ2v) is 8.02. The minimum atomic E-state index is -0.980. The highest BCUT2D eigenvalue weighted by molar-refractivity contribution is 6.08. The number of hydrogen-bond acceptors (Lipinski definition) is 4. The van der Waals surface area contributed by atoms with E-state index in [0.717, 1.165) is 23.4 Å². The lowest BCUT2D eigenvalue weighted by atomic mass is 10.1. The highest BCUT2D eigenvalue weighted by Crippen LogP contribution is 2.33. The summed E-state index contributed by atoms with van der Waals surface area (Å²) in [6, 6.07) is 14.9. The van der Waals surface area contributed by atoms with Gasteiger partial charge < -0.3 is 19.7 Å². The van der Waals surface area contributed by atoms with Crippen molar-refractivity contribution in [3.05, 3.63) is 83.4 Å². The van der Waals surface area contributed by atoms with Crippen molar-refractivity contribution in [1.82, 2.24) is 4.90 Å². The van der Waals surface area contributed by atoms with E-state index in [1.807, 2.05) is 24.3 Å². The lowest BCUT2D eigenvalue weighted by molar-refractivity contribution is 0.102. The minimum Gasteiger partial charge on any atom is -0.497 e. The fourth-order valence-electron chi connectivity index (χ4n) is 3.94. The largest absolute Gasteiger partial charge is 0.497 e. The Morgan fingerprint density at radius 1 is 0.943 bits per heavy atom. The number of methoxy groups -OCH3 is 2. The van der Waals surface area contributed by atoms with E-state index in [1.165, 1.54) is 7.11 Å². The van der Waals surface area contributed by atoms with Crippen LogP contribution >= 0.6 is 0 Å². The lowest BCUT2D eigenvalue weighted by Gasteiger charge is -2.36. The molecule has 0 saturated carbocycles. The van der Waals surface area contributed by atoms with Gasteiger partial charge in [0.2, 0.25) is 0 Å². The topological polar surface area (TPSA) is 71.1 Å². The van der Waals surface area contributed by atoms with E-state index in [1.54, 1.807) is 35.1 Å². The first-order chi connectivity index (χ1) is 16.9. The van der Waals surface area contributed by atoms with E-state index >= 15 is 0 Å². The number of anilines is 2. The molecule has 7 nitrogen and oxygen atoms in total. The van der Waals surface area contributed by atoms with Crippen molar-refractivity contribution in [1.29, 1.82) is 0 Å². The van der Waals surface area contributed by atoms with Crippen LogP contribution in [0.15, 0.2) is 60.7 Å². The Balaban J connectivity index is 1.59. The summed E-state index contributed by atoms with van der Waals surface area (Å²) < 4.78 is 37.9. The Morgan fingerprint density at radius 2 is 1.66 bits per heavy atom. The van der Waals surface area contributed by atoms with Crippen LogP contribution in [0.1, 0.15) is 22.3 Å². The van der Waals surface area contributed by atoms with Crippen LogP contribution in [-0.4, -0.2) is 44.1 Å². The van der Waals surface area contributed by atoms with Gasteiger partial charge in [-0.25, -0.2) is 13.6 Å². The summed E-state index contributed by atoms with van der Waals surface area (Å²) >= 11 is 0. The van der Waals surface area contributed by atoms with Crippen LogP contribution in [0, 0.1) is 11.6 Å². The zero-order valence-corrected chi connectivity index (χ0v) is 19.4. The fourth-order valence-corrected chi connectivity index (χ4v) is 3.94. The molecular weight excluding hydrogens is 456 g/mol. The number of benzene rings is 3. The highest BCUT2D eigenvalue weighted by Gasteiger charge is 2.29. The van der Waals surface area contributed by atoms with Gasteiger partial charge in [-0.15, -0.1) is 0 Å². The first-order valence-electron chi connectivity index (χ1n) is 11.0. The summed E-state index contributed by atoms with van der Waals surface area (Å²) in [5.41, 5.74) is 1.37. The lowest BCUT2D eigenvalue weighted by Crippen LogP contribution is -2.49. The molecule has 1 heterocycles. The molecule has 0 spiro atoms. The third kappa shape index (κ3) is 5.34. The zero-order chi connectivity index (χ0) is 24.9. The fraction of sp³-hybridized carbons (Fsp3) is 0.231. The number of nitrogens with zero attached hydrogens (tertiary/aromatic N) is 2. The maximum Gasteiger partial charge on any atom is 0.324 e. The van der Waals surface area contributed by atoms with Gasteiger partial charge in [0.15, 0.2) is 0 Å². The average Bonchev–Trinajstić information content (AvgIpc) is 2.86. The van der Waals surface area contributed by atoms with Gasteiger partial charge in [-0.3, -0.25) is 9.69 Å². The molecule has 3 amide bonds. The summed E-state index contributed by atoms with van der Waals surface area (Å²) in [4.78, 5) is 29.5. The van der Waals surface area contributed by atoms with Crippen LogP contribution < -0.4 is 19.7 Å². The molecular formula is C26H25F2N3O4. The Hall–Kier alpha value is -4.14. The number of nitrogens with one attached hydrogen (secondary N) is 1. The Morgan fingerprint density at radius 3 is 2.34 bits per heavy atom. The van der Waals surface area contributed by atoms with Crippen LogP contribution in [0.4, 0.5) is 25.0 Å². The van der Waals surface area contributed by atoms with Crippen molar-refractivity contribution in [2.45, 2.75) is 13.0 Å². The quantitative estimate of drug-likeness (QED) is 0.512. The molecule has 0 aliphatic carbocycles. The van der Waals surface area contributed by atoms with E-state index in [9.17, 15) is 18.4 Å². The third-order valence-electron chi connectivity index (χ3n) is 5.76. The molecule has 1 aliphatic rings. The molecule has 1 saturated heterocycles. The molecule has 3 aromatic carbocycles. The van der Waals surface area contributed by atoms with Gasteiger partial charge in [-0.2, -0.15) is 0 Å². The van der Waals surface area contributed by atoms with Gasteiger partial charge in [0.1, 0.15) is 23.1 Å². The number of carbonyl (C=O) groups excluding carboxylic acids is 2. The van der Waals surface area contributed by atoms with Crippen LogP contribution in [-0.2, 0) is 6.54 Å². The summed E-state index contributed by atoms with van der Waals surface area (Å²) in [5.74, 6) is -1.35. The molecule has 0 bridgehead atoms. The van der Waals surface area contributed by atoms with Gasteiger partial charge in [-0.1, -0.05) is 12.1 Å². The first kappa shape index (κ1) is 24.0. The molecule has 0 unspecified atom stereocenters. The highest BCUT2D eigenvalue weighted by atomic mass is 19.1. The molecule has 35 heavy (non-hydrogen) atoms. The number of carbonyl (C=O) groups is 2. The van der Waals surface area contributed by atoms with Gasteiger partial charge in [-0.05, 0) is 48.4 Å². The maximum absolute atomic E-state index is 14.2. The zero-order valence-electron chi connectivity index (χ0n) is 19.4. The predicted octanol–water partition coefficient (Wildman–Crippen LogP) is 5.07. The van der Waals surface area contributed by atoms with E-state index < -0.39 is 17.5 Å². The summed E-state index contributed by atoms with van der Waals surface area (Å²) in [7, 11) is 3.07. The second kappa shape index (κ2) is 10.4. The molecule has 1 N–H and O–H groups in total. The maximum atomic E-state index is 14.2. The number of amides is 3. The Kier molecular flexibility index (Phi) is 7.14. The Bertz CT molecular complexity index is 1230. The number of urea groups is 1. The van der Waals surface area contributed by atoms with Gasteiger partial charge in [0.05, 0.1) is 31.2 Å². The SMILES string of the molecule is COc1ccc(CN2CCCN(c3ccc(OC)cc3NC(=O)c3ccc(F)cc3F)C2=O)cc1. The number of hydrogen-bond donors (Lipinski definition) is 1. The first-order valence-corrected chi connectivity index (χ1v) is 11.0. The number of ether oxygens (including phenoxy) is 2. The van der Waals surface area contributed by atoms with Gasteiger partial charge >= 0.3 is 6.03 Å². The van der Waals surface area contributed by atoms with Crippen molar-refractivity contribution in [2.24, 2.45) is 0 Å². The summed E-state index contributed by atoms with van der Waals surface area (Å²) in [6.07, 6.45) is 0.716. The van der Waals surface area contributed by atoms with Crippen molar-refractivity contribution in [3.63, 3.8) is 0 Å². The normalized spacial score (nSPS) is 13.5. The van der Waals surface area contributed by atoms with Crippen molar-refractivity contribution in [3.8, 4) is 11.5 Å². The molecule has 9 heteroatoms. The third-order valence-corrected chi connectivity index (χ3v) is 5.76. The van der Waals surface area contributed by atoms with E-state index in [-0.39, 0.29) is 17.3 Å². The van der Waals surface area contributed by atoms with E-state index in [2.05, 4.69) is 5.32 Å².